The van der Waals surface area contributed by atoms with Crippen molar-refractivity contribution < 1.29 is 14.6 Å². The van der Waals surface area contributed by atoms with Crippen LogP contribution in [0.1, 0.15) is 13.3 Å². The van der Waals surface area contributed by atoms with E-state index < -0.39 is 17.1 Å². The monoisotopic (exact) mass is 392 g/mol. The quantitative estimate of drug-likeness (QED) is 0.375. The number of fused-ring (bicyclic) bond motifs is 1. The number of ether oxygens (including phenoxy) is 2. The van der Waals surface area contributed by atoms with E-state index in [1.807, 2.05) is 21.0 Å². The molecule has 2 aliphatic heterocycles. The number of H-pyrrole nitrogens is 1. The number of rotatable bonds is 4. The van der Waals surface area contributed by atoms with Crippen LogP contribution in [0, 0.1) is 5.92 Å². The molecular formula is C16H20N6O4S. The second-order valence-corrected chi connectivity index (χ2v) is 8.12. The molecule has 3 aliphatic rings. The standard InChI is InChI=1S/C16H20N6O4S/c1-14(10-9-15(5-27,26-14)4-16(9,24)25-10)22-7-17-8-11(22)19-13(20-12(8)23)18-6-21(2)3/h6-7,9-10,24,27H,4-5H2,1-3H3,(H,19,20,23)/b18-6-/t9?,10?,14?,15-,16?/m1/s1. The van der Waals surface area contributed by atoms with E-state index in [1.54, 1.807) is 15.8 Å². The van der Waals surface area contributed by atoms with Crippen LogP contribution in [0.4, 0.5) is 5.95 Å². The molecule has 2 aromatic rings. The zero-order chi connectivity index (χ0) is 19.2. The average Bonchev–Trinajstić information content (AvgIpc) is 3.06. The third-order valence-electron chi connectivity index (χ3n) is 5.73. The summed E-state index contributed by atoms with van der Waals surface area (Å²) in [5, 5.41) is 10.4. The van der Waals surface area contributed by atoms with Gasteiger partial charge in [0.05, 0.1) is 24.2 Å². The third kappa shape index (κ3) is 2.02. The Morgan fingerprint density at radius 1 is 1.59 bits per heavy atom. The molecule has 10 nitrogen and oxygen atoms in total. The number of aliphatic imine (C=N–C) groups is 1. The minimum Gasteiger partial charge on any atom is -0.369 e. The Morgan fingerprint density at radius 3 is 3.00 bits per heavy atom. The van der Waals surface area contributed by atoms with Gasteiger partial charge in [-0.05, 0) is 6.92 Å². The van der Waals surface area contributed by atoms with Crippen LogP contribution in [0.2, 0.25) is 0 Å². The highest BCUT2D eigenvalue weighted by molar-refractivity contribution is 7.80. The van der Waals surface area contributed by atoms with Gasteiger partial charge in [0.15, 0.2) is 22.7 Å². The summed E-state index contributed by atoms with van der Waals surface area (Å²) in [5.74, 6) is -0.678. The number of aromatic nitrogens is 4. The van der Waals surface area contributed by atoms with Gasteiger partial charge < -0.3 is 19.5 Å². The Hall–Kier alpha value is -1.95. The Bertz CT molecular complexity index is 1040. The minimum absolute atomic E-state index is 0.168. The lowest BCUT2D eigenvalue weighted by Crippen LogP contribution is -2.77. The van der Waals surface area contributed by atoms with Gasteiger partial charge in [0.1, 0.15) is 6.10 Å². The van der Waals surface area contributed by atoms with Gasteiger partial charge in [0.25, 0.3) is 5.56 Å². The van der Waals surface area contributed by atoms with E-state index in [0.717, 1.165) is 0 Å². The molecule has 3 fully saturated rings. The average molecular weight is 392 g/mol. The van der Waals surface area contributed by atoms with E-state index >= 15 is 0 Å². The normalized spacial score (nSPS) is 39.4. The molecule has 2 aromatic heterocycles. The molecule has 0 radical (unpaired) electrons. The Balaban J connectivity index is 1.63. The van der Waals surface area contributed by atoms with E-state index in [1.165, 1.54) is 6.33 Å². The molecule has 4 heterocycles. The van der Waals surface area contributed by atoms with Gasteiger partial charge in [-0.15, -0.1) is 0 Å². The molecule has 1 aliphatic carbocycles. The molecule has 144 valence electrons. The van der Waals surface area contributed by atoms with Crippen LogP contribution in [0.5, 0.6) is 0 Å². The fraction of sp³-hybridized carbons (Fsp3) is 0.625. The molecule has 0 spiro atoms. The van der Waals surface area contributed by atoms with Crippen molar-refractivity contribution in [2.45, 2.75) is 36.6 Å². The summed E-state index contributed by atoms with van der Waals surface area (Å²) >= 11 is 4.43. The predicted molar refractivity (Wildman–Crippen MR) is 99.2 cm³/mol. The number of hydrogen-bond donors (Lipinski definition) is 3. The first-order valence-electron chi connectivity index (χ1n) is 8.62. The lowest BCUT2D eigenvalue weighted by molar-refractivity contribution is -0.429. The van der Waals surface area contributed by atoms with Crippen LogP contribution in [0.25, 0.3) is 11.2 Å². The third-order valence-corrected chi connectivity index (χ3v) is 6.26. The van der Waals surface area contributed by atoms with Gasteiger partial charge in [0, 0.05) is 26.3 Å². The molecule has 0 aromatic carbocycles. The first-order valence-corrected chi connectivity index (χ1v) is 9.25. The molecule has 2 N–H and O–H groups in total. The summed E-state index contributed by atoms with van der Waals surface area (Å²) in [6.07, 6.45) is 3.06. The lowest BCUT2D eigenvalue weighted by atomic mass is 9.59. The van der Waals surface area contributed by atoms with Crippen LogP contribution in [0.3, 0.4) is 0 Å². The van der Waals surface area contributed by atoms with Crippen LogP contribution >= 0.6 is 12.6 Å². The summed E-state index contributed by atoms with van der Waals surface area (Å²) in [6.45, 7) is 1.85. The maximum absolute atomic E-state index is 12.4. The van der Waals surface area contributed by atoms with Gasteiger partial charge in [-0.2, -0.15) is 17.6 Å². The number of thiol groups is 1. The van der Waals surface area contributed by atoms with Crippen molar-refractivity contribution in [1.82, 2.24) is 24.4 Å². The highest BCUT2D eigenvalue weighted by atomic mass is 32.1. The molecular weight excluding hydrogens is 372 g/mol. The molecule has 11 heteroatoms. The molecule has 4 unspecified atom stereocenters. The van der Waals surface area contributed by atoms with Crippen molar-refractivity contribution in [3.05, 3.63) is 16.7 Å². The number of imidazole rings is 1. The van der Waals surface area contributed by atoms with Crippen molar-refractivity contribution in [3.8, 4) is 0 Å². The van der Waals surface area contributed by atoms with Gasteiger partial charge in [-0.3, -0.25) is 14.3 Å². The first-order chi connectivity index (χ1) is 12.7. The van der Waals surface area contributed by atoms with E-state index in [4.69, 9.17) is 9.47 Å². The van der Waals surface area contributed by atoms with Crippen LogP contribution in [0.15, 0.2) is 16.1 Å². The lowest BCUT2D eigenvalue weighted by Gasteiger charge is -2.62. The molecule has 0 amide bonds. The molecule has 2 saturated heterocycles. The van der Waals surface area contributed by atoms with Crippen molar-refractivity contribution in [2.24, 2.45) is 10.9 Å². The SMILES string of the molecule is CN(C)/C=N\c1nc2c(ncn2C2(C)O[C@@]3(CS)CC4(O)OC2C43)c(=O)[nH]1. The van der Waals surface area contributed by atoms with Gasteiger partial charge >= 0.3 is 0 Å². The summed E-state index contributed by atoms with van der Waals surface area (Å²) in [4.78, 5) is 29.6. The van der Waals surface area contributed by atoms with Crippen LogP contribution in [-0.2, 0) is 15.2 Å². The smallest absolute Gasteiger partial charge is 0.280 e. The number of hydrogen-bond acceptors (Lipinski definition) is 8. The highest BCUT2D eigenvalue weighted by Gasteiger charge is 2.84. The number of nitrogens with one attached hydrogen (secondary N) is 1. The zero-order valence-corrected chi connectivity index (χ0v) is 16.0. The Labute approximate surface area is 159 Å². The zero-order valence-electron chi connectivity index (χ0n) is 15.1. The maximum atomic E-state index is 12.4. The van der Waals surface area contributed by atoms with Crippen molar-refractivity contribution in [3.63, 3.8) is 0 Å². The van der Waals surface area contributed by atoms with E-state index in [-0.39, 0.29) is 29.0 Å². The second kappa shape index (κ2) is 5.10. The first kappa shape index (κ1) is 17.2. The summed E-state index contributed by atoms with van der Waals surface area (Å²) < 4.78 is 13.9. The number of nitrogens with zero attached hydrogens (tertiary/aromatic N) is 5. The van der Waals surface area contributed by atoms with E-state index in [2.05, 4.69) is 32.6 Å². The van der Waals surface area contributed by atoms with Gasteiger partial charge in [-0.25, -0.2) is 9.98 Å². The van der Waals surface area contributed by atoms with Gasteiger partial charge in [0.2, 0.25) is 5.95 Å². The summed E-state index contributed by atoms with van der Waals surface area (Å²) in [5.41, 5.74) is -1.36. The fourth-order valence-corrected chi connectivity index (χ4v) is 4.96. The van der Waals surface area contributed by atoms with E-state index in [9.17, 15) is 9.90 Å². The molecule has 27 heavy (non-hydrogen) atoms. The molecule has 0 bridgehead atoms. The molecule has 5 atom stereocenters. The van der Waals surface area contributed by atoms with Crippen LogP contribution in [-0.4, -0.2) is 73.2 Å². The Morgan fingerprint density at radius 2 is 2.37 bits per heavy atom. The highest BCUT2D eigenvalue weighted by Crippen LogP contribution is 2.70. The number of aliphatic hydroxyl groups is 1. The van der Waals surface area contributed by atoms with Gasteiger partial charge in [-0.1, -0.05) is 0 Å². The second-order valence-electron chi connectivity index (χ2n) is 7.80. The van der Waals surface area contributed by atoms with Crippen molar-refractivity contribution in [1.29, 1.82) is 0 Å². The minimum atomic E-state index is -1.15. The predicted octanol–water partition coefficient (Wildman–Crippen LogP) is -0.180. The largest absolute Gasteiger partial charge is 0.369 e. The Kier molecular flexibility index (Phi) is 3.24. The topological polar surface area (TPSA) is 118 Å². The van der Waals surface area contributed by atoms with Crippen molar-refractivity contribution in [2.75, 3.05) is 19.8 Å². The maximum Gasteiger partial charge on any atom is 0.280 e. The van der Waals surface area contributed by atoms with Crippen LogP contribution < -0.4 is 5.56 Å². The molecule has 5 rings (SSSR count). The fourth-order valence-electron chi connectivity index (χ4n) is 4.59. The van der Waals surface area contributed by atoms with E-state index in [0.29, 0.717) is 17.8 Å². The summed E-state index contributed by atoms with van der Waals surface area (Å²) in [7, 11) is 3.64. The summed E-state index contributed by atoms with van der Waals surface area (Å²) in [6, 6.07) is 0. The molecule has 1 saturated carbocycles. The van der Waals surface area contributed by atoms with Crippen molar-refractivity contribution >= 4 is 36.1 Å². The number of aromatic amines is 1.